The number of hydrogen-bond donors (Lipinski definition) is 0. The molecule has 0 saturated heterocycles. The molecule has 278 valence electrons. The lowest BCUT2D eigenvalue weighted by atomic mass is 9.81. The second-order valence-electron chi connectivity index (χ2n) is 16.5. The lowest BCUT2D eigenvalue weighted by Crippen LogP contribution is -2.15. The van der Waals surface area contributed by atoms with Crippen molar-refractivity contribution in [2.45, 2.75) is 19.3 Å². The Bertz CT molecular complexity index is 3220. The minimum absolute atomic E-state index is 0.103. The quantitative estimate of drug-likeness (QED) is 0.164. The highest BCUT2D eigenvalue weighted by molar-refractivity contribution is 6.19. The zero-order valence-corrected chi connectivity index (χ0v) is 33.0. The number of para-hydroxylation sites is 1. The van der Waals surface area contributed by atoms with E-state index in [4.69, 9.17) is 0 Å². The van der Waals surface area contributed by atoms with Gasteiger partial charge in [0.2, 0.25) is 0 Å². The maximum Gasteiger partial charge on any atom is 0.0623 e. The molecular formula is C57H40N2. The van der Waals surface area contributed by atoms with Gasteiger partial charge in [0, 0.05) is 44.4 Å². The molecule has 59 heavy (non-hydrogen) atoms. The van der Waals surface area contributed by atoms with E-state index in [1.54, 1.807) is 0 Å². The van der Waals surface area contributed by atoms with E-state index >= 15 is 0 Å². The lowest BCUT2D eigenvalue weighted by molar-refractivity contribution is 0.661. The van der Waals surface area contributed by atoms with Gasteiger partial charge in [-0.25, -0.2) is 0 Å². The molecule has 1 aliphatic carbocycles. The van der Waals surface area contributed by atoms with E-state index in [0.717, 1.165) is 17.1 Å². The zero-order valence-electron chi connectivity index (χ0n) is 33.0. The topological polar surface area (TPSA) is 8.17 Å². The molecule has 0 fully saturated rings. The van der Waals surface area contributed by atoms with E-state index in [1.807, 2.05) is 0 Å². The van der Waals surface area contributed by atoms with Crippen molar-refractivity contribution >= 4 is 38.9 Å². The average molecular weight is 753 g/mol. The van der Waals surface area contributed by atoms with Crippen LogP contribution in [0.25, 0.3) is 83.1 Å². The average Bonchev–Trinajstić information content (AvgIpc) is 3.70. The molecule has 0 amide bonds. The molecule has 2 aliphatic rings. The summed E-state index contributed by atoms with van der Waals surface area (Å²) in [4.78, 5) is 2.46. The fourth-order valence-electron chi connectivity index (χ4n) is 10.1. The summed E-state index contributed by atoms with van der Waals surface area (Å²) in [5.41, 5.74) is 22.2. The summed E-state index contributed by atoms with van der Waals surface area (Å²) in [7, 11) is 0. The van der Waals surface area contributed by atoms with Gasteiger partial charge in [-0.05, 0) is 104 Å². The fourth-order valence-corrected chi connectivity index (χ4v) is 10.1. The van der Waals surface area contributed by atoms with Gasteiger partial charge in [-0.2, -0.15) is 0 Å². The summed E-state index contributed by atoms with van der Waals surface area (Å²) >= 11 is 0. The molecule has 0 N–H and O–H groups in total. The van der Waals surface area contributed by atoms with Crippen LogP contribution in [0.4, 0.5) is 17.1 Å². The normalized spacial score (nSPS) is 13.1. The Morgan fingerprint density at radius 1 is 0.373 bits per heavy atom. The molecule has 10 aromatic rings. The van der Waals surface area contributed by atoms with Crippen molar-refractivity contribution in [2.75, 3.05) is 4.90 Å². The van der Waals surface area contributed by atoms with Gasteiger partial charge in [0.25, 0.3) is 0 Å². The first-order valence-corrected chi connectivity index (χ1v) is 20.6. The Hall–Kier alpha value is -7.42. The van der Waals surface area contributed by atoms with Gasteiger partial charge in [-0.15, -0.1) is 0 Å². The van der Waals surface area contributed by atoms with Crippen molar-refractivity contribution in [1.82, 2.24) is 4.57 Å². The first kappa shape index (κ1) is 33.7. The van der Waals surface area contributed by atoms with E-state index in [1.165, 1.54) is 94.3 Å². The van der Waals surface area contributed by atoms with Crippen LogP contribution in [0.2, 0.25) is 0 Å². The molecule has 0 atom stereocenters. The number of fused-ring (bicyclic) bond motifs is 6. The third-order valence-corrected chi connectivity index (χ3v) is 12.9. The highest BCUT2D eigenvalue weighted by Crippen LogP contribution is 2.58. The van der Waals surface area contributed by atoms with Crippen molar-refractivity contribution < 1.29 is 0 Å². The van der Waals surface area contributed by atoms with Crippen LogP contribution in [-0.2, 0) is 5.41 Å². The van der Waals surface area contributed by atoms with Crippen molar-refractivity contribution in [3.05, 3.63) is 217 Å². The van der Waals surface area contributed by atoms with Gasteiger partial charge in [-0.3, -0.25) is 0 Å². The van der Waals surface area contributed by atoms with Crippen LogP contribution in [0.1, 0.15) is 25.0 Å². The molecule has 0 saturated carbocycles. The summed E-state index contributed by atoms with van der Waals surface area (Å²) in [6.07, 6.45) is 0. The van der Waals surface area contributed by atoms with Crippen LogP contribution in [0, 0.1) is 0 Å². The van der Waals surface area contributed by atoms with Crippen LogP contribution >= 0.6 is 0 Å². The SMILES string of the molecule is CC1(C)c2cccc3c2-c2c1ccc1c4ccc(N(c5cccc(-c6ccccc6)c5)c5cc(-c6ccccc6)cc(-c6ccccc6)c5)cc4n(c21)-c1ccccc1-3. The molecule has 1 aliphatic heterocycles. The Morgan fingerprint density at radius 2 is 0.915 bits per heavy atom. The Balaban J connectivity index is 1.16. The first-order valence-electron chi connectivity index (χ1n) is 20.6. The largest absolute Gasteiger partial charge is 0.310 e. The van der Waals surface area contributed by atoms with Crippen molar-refractivity contribution in [3.63, 3.8) is 0 Å². The monoisotopic (exact) mass is 752 g/mol. The second kappa shape index (κ2) is 12.8. The van der Waals surface area contributed by atoms with Gasteiger partial charge in [0.05, 0.1) is 16.7 Å². The molecule has 1 aromatic heterocycles. The van der Waals surface area contributed by atoms with Gasteiger partial charge >= 0.3 is 0 Å². The maximum atomic E-state index is 2.57. The van der Waals surface area contributed by atoms with Gasteiger partial charge in [-0.1, -0.05) is 172 Å². The minimum Gasteiger partial charge on any atom is -0.310 e. The van der Waals surface area contributed by atoms with E-state index in [2.05, 4.69) is 230 Å². The fraction of sp³-hybridized carbons (Fsp3) is 0.0526. The zero-order chi connectivity index (χ0) is 39.2. The van der Waals surface area contributed by atoms with Crippen LogP contribution in [-0.4, -0.2) is 4.57 Å². The summed E-state index contributed by atoms with van der Waals surface area (Å²) in [5.74, 6) is 0. The van der Waals surface area contributed by atoms with Crippen LogP contribution in [0.3, 0.4) is 0 Å². The van der Waals surface area contributed by atoms with Gasteiger partial charge in [0.1, 0.15) is 0 Å². The molecule has 2 heterocycles. The first-order chi connectivity index (χ1) is 29.0. The molecule has 2 nitrogen and oxygen atoms in total. The summed E-state index contributed by atoms with van der Waals surface area (Å²) in [6.45, 7) is 4.78. The smallest absolute Gasteiger partial charge is 0.0623 e. The van der Waals surface area contributed by atoms with Crippen molar-refractivity contribution in [1.29, 1.82) is 0 Å². The van der Waals surface area contributed by atoms with Gasteiger partial charge < -0.3 is 9.47 Å². The molecule has 0 spiro atoms. The molecular weight excluding hydrogens is 713 g/mol. The number of hydrogen-bond acceptors (Lipinski definition) is 1. The molecule has 0 bridgehead atoms. The molecule has 0 radical (unpaired) electrons. The second-order valence-corrected chi connectivity index (χ2v) is 16.5. The predicted molar refractivity (Wildman–Crippen MR) is 248 cm³/mol. The predicted octanol–water partition coefficient (Wildman–Crippen LogP) is 15.5. The van der Waals surface area contributed by atoms with Crippen LogP contribution < -0.4 is 4.90 Å². The van der Waals surface area contributed by atoms with E-state index in [-0.39, 0.29) is 5.41 Å². The third-order valence-electron chi connectivity index (χ3n) is 12.9. The highest BCUT2D eigenvalue weighted by atomic mass is 15.1. The Morgan fingerprint density at radius 3 is 1.63 bits per heavy atom. The number of benzene rings is 9. The summed E-state index contributed by atoms with van der Waals surface area (Å²) < 4.78 is 2.57. The standard InChI is InChI=1S/C57H40N2/c1-57(2)50-26-15-25-48-46-24-12-13-27-52(46)59-53-36-44(28-29-47(53)49-30-31-51(57)55(54(48)50)56(49)59)58(43-23-14-22-40(33-43)37-16-6-3-7-17-37)45-34-41(38-18-8-4-9-19-38)32-42(35-45)39-20-10-5-11-21-39/h3-36H,1-2H3. The Kier molecular flexibility index (Phi) is 7.31. The Labute approximate surface area is 344 Å². The number of nitrogens with zero attached hydrogens (tertiary/aromatic N) is 2. The van der Waals surface area contributed by atoms with E-state index < -0.39 is 0 Å². The molecule has 0 unspecified atom stereocenters. The van der Waals surface area contributed by atoms with Gasteiger partial charge in [0.15, 0.2) is 0 Å². The number of aromatic nitrogens is 1. The molecule has 2 heteroatoms. The van der Waals surface area contributed by atoms with Crippen molar-refractivity contribution in [3.8, 4) is 61.3 Å². The van der Waals surface area contributed by atoms with E-state index in [9.17, 15) is 0 Å². The summed E-state index contributed by atoms with van der Waals surface area (Å²) in [5, 5.41) is 2.54. The lowest BCUT2D eigenvalue weighted by Gasteiger charge is -2.28. The third kappa shape index (κ3) is 5.06. The molecule has 9 aromatic carbocycles. The van der Waals surface area contributed by atoms with E-state index in [0.29, 0.717) is 0 Å². The number of anilines is 3. The van der Waals surface area contributed by atoms with Crippen LogP contribution in [0.5, 0.6) is 0 Å². The maximum absolute atomic E-state index is 2.57. The summed E-state index contributed by atoms with van der Waals surface area (Å²) in [6, 6.07) is 76.1. The molecule has 12 rings (SSSR count). The highest BCUT2D eigenvalue weighted by Gasteiger charge is 2.40. The number of rotatable bonds is 6. The van der Waals surface area contributed by atoms with Crippen LogP contribution in [0.15, 0.2) is 206 Å². The van der Waals surface area contributed by atoms with Crippen molar-refractivity contribution in [2.24, 2.45) is 0 Å². The minimum atomic E-state index is -0.103.